The number of likely N-dealkylation sites (tertiary alicyclic amines) is 1. The van der Waals surface area contributed by atoms with Gasteiger partial charge in [-0.1, -0.05) is 13.8 Å². The SMILES string of the molecule is COC(=O)C(C)(C(C)C)C1(O)CCN(C)C1. The molecule has 0 saturated carbocycles. The Kier molecular flexibility index (Phi) is 3.65. The molecule has 16 heavy (non-hydrogen) atoms. The third kappa shape index (κ3) is 1.84. The lowest BCUT2D eigenvalue weighted by Crippen LogP contribution is -2.56. The molecule has 1 N–H and O–H groups in total. The number of β-amino-alcohol motifs (C(OH)–C–C–N with tert-alkyl or cyclic N) is 1. The average Bonchev–Trinajstić information content (AvgIpc) is 2.57. The van der Waals surface area contributed by atoms with E-state index in [1.165, 1.54) is 7.11 Å². The first-order valence-electron chi connectivity index (χ1n) is 5.77. The van der Waals surface area contributed by atoms with Crippen molar-refractivity contribution in [3.63, 3.8) is 0 Å². The average molecular weight is 229 g/mol. The van der Waals surface area contributed by atoms with Crippen molar-refractivity contribution in [1.29, 1.82) is 0 Å². The van der Waals surface area contributed by atoms with Crippen molar-refractivity contribution < 1.29 is 14.6 Å². The number of likely N-dealkylation sites (N-methyl/N-ethyl adjacent to an activating group) is 1. The van der Waals surface area contributed by atoms with Crippen LogP contribution in [0, 0.1) is 11.3 Å². The maximum Gasteiger partial charge on any atom is 0.314 e. The molecule has 0 radical (unpaired) electrons. The molecule has 1 fully saturated rings. The first-order valence-corrected chi connectivity index (χ1v) is 5.77. The summed E-state index contributed by atoms with van der Waals surface area (Å²) < 4.78 is 4.87. The molecular formula is C12H23NO3. The summed E-state index contributed by atoms with van der Waals surface area (Å²) >= 11 is 0. The molecule has 1 saturated heterocycles. The Labute approximate surface area is 97.6 Å². The summed E-state index contributed by atoms with van der Waals surface area (Å²) in [6.45, 7) is 7.05. The molecular weight excluding hydrogens is 206 g/mol. The molecule has 4 nitrogen and oxygen atoms in total. The fourth-order valence-electron chi connectivity index (χ4n) is 2.58. The van der Waals surface area contributed by atoms with Gasteiger partial charge in [-0.25, -0.2) is 0 Å². The van der Waals surface area contributed by atoms with Crippen LogP contribution in [0.25, 0.3) is 0 Å². The van der Waals surface area contributed by atoms with Crippen LogP contribution in [-0.4, -0.2) is 48.8 Å². The first kappa shape index (κ1) is 13.5. The number of ether oxygens (including phenoxy) is 1. The van der Waals surface area contributed by atoms with Crippen LogP contribution >= 0.6 is 0 Å². The summed E-state index contributed by atoms with van der Waals surface area (Å²) in [6.07, 6.45) is 0.618. The van der Waals surface area contributed by atoms with Crippen LogP contribution in [0.4, 0.5) is 0 Å². The van der Waals surface area contributed by atoms with Crippen molar-refractivity contribution in [1.82, 2.24) is 4.90 Å². The zero-order chi connectivity index (χ0) is 12.6. The number of methoxy groups -OCH3 is 1. The number of hydrogen-bond acceptors (Lipinski definition) is 4. The summed E-state index contributed by atoms with van der Waals surface area (Å²) in [6, 6.07) is 0. The lowest BCUT2D eigenvalue weighted by Gasteiger charge is -2.43. The van der Waals surface area contributed by atoms with E-state index in [1.807, 2.05) is 32.7 Å². The largest absolute Gasteiger partial charge is 0.469 e. The van der Waals surface area contributed by atoms with Crippen molar-refractivity contribution >= 4 is 5.97 Å². The monoisotopic (exact) mass is 229 g/mol. The summed E-state index contributed by atoms with van der Waals surface area (Å²) in [4.78, 5) is 14.0. The van der Waals surface area contributed by atoms with E-state index in [4.69, 9.17) is 4.74 Å². The molecule has 1 aliphatic heterocycles. The van der Waals surface area contributed by atoms with Gasteiger partial charge in [-0.2, -0.15) is 0 Å². The Bertz CT molecular complexity index is 279. The van der Waals surface area contributed by atoms with E-state index in [-0.39, 0.29) is 11.9 Å². The zero-order valence-corrected chi connectivity index (χ0v) is 10.9. The first-order chi connectivity index (χ1) is 7.28. The van der Waals surface area contributed by atoms with E-state index in [1.54, 1.807) is 0 Å². The van der Waals surface area contributed by atoms with E-state index in [0.717, 1.165) is 6.54 Å². The second-order valence-corrected chi connectivity index (χ2v) is 5.37. The molecule has 4 heteroatoms. The third-order valence-electron chi connectivity index (χ3n) is 4.17. The van der Waals surface area contributed by atoms with Crippen molar-refractivity contribution in [2.75, 3.05) is 27.2 Å². The van der Waals surface area contributed by atoms with Gasteiger partial charge >= 0.3 is 5.97 Å². The van der Waals surface area contributed by atoms with Gasteiger partial charge in [0.15, 0.2) is 0 Å². The Balaban J connectivity index is 3.07. The quantitative estimate of drug-likeness (QED) is 0.730. The fraction of sp³-hybridized carbons (Fsp3) is 0.917. The lowest BCUT2D eigenvalue weighted by atomic mass is 9.65. The van der Waals surface area contributed by atoms with Gasteiger partial charge in [-0.05, 0) is 26.3 Å². The van der Waals surface area contributed by atoms with Gasteiger partial charge in [0.1, 0.15) is 0 Å². The number of hydrogen-bond donors (Lipinski definition) is 1. The van der Waals surface area contributed by atoms with Crippen LogP contribution in [0.15, 0.2) is 0 Å². The van der Waals surface area contributed by atoms with Gasteiger partial charge in [0.2, 0.25) is 0 Å². The zero-order valence-electron chi connectivity index (χ0n) is 10.9. The number of carbonyl (C=O) groups excluding carboxylic acids is 1. The molecule has 1 aliphatic rings. The van der Waals surface area contributed by atoms with Crippen molar-refractivity contribution in [3.05, 3.63) is 0 Å². The van der Waals surface area contributed by atoms with Crippen molar-refractivity contribution in [2.24, 2.45) is 11.3 Å². The number of nitrogens with zero attached hydrogens (tertiary/aromatic N) is 1. The normalized spacial score (nSPS) is 30.4. The van der Waals surface area contributed by atoms with Gasteiger partial charge in [0.25, 0.3) is 0 Å². The van der Waals surface area contributed by atoms with Gasteiger partial charge in [0, 0.05) is 13.1 Å². The Morgan fingerprint density at radius 3 is 2.44 bits per heavy atom. The van der Waals surface area contributed by atoms with Crippen LogP contribution < -0.4 is 0 Å². The molecule has 2 atom stereocenters. The van der Waals surface area contributed by atoms with Gasteiger partial charge in [0.05, 0.1) is 18.1 Å². The summed E-state index contributed by atoms with van der Waals surface area (Å²) in [5, 5.41) is 10.7. The number of esters is 1. The highest BCUT2D eigenvalue weighted by Crippen LogP contribution is 2.44. The Hall–Kier alpha value is -0.610. The summed E-state index contributed by atoms with van der Waals surface area (Å²) in [7, 11) is 3.33. The smallest absolute Gasteiger partial charge is 0.314 e. The topological polar surface area (TPSA) is 49.8 Å². The highest BCUT2D eigenvalue weighted by Gasteiger charge is 2.57. The second kappa shape index (κ2) is 4.34. The second-order valence-electron chi connectivity index (χ2n) is 5.37. The molecule has 0 bridgehead atoms. The van der Waals surface area contributed by atoms with Crippen LogP contribution in [0.3, 0.4) is 0 Å². The molecule has 0 aromatic heterocycles. The fourth-order valence-corrected chi connectivity index (χ4v) is 2.58. The minimum atomic E-state index is -0.983. The standard InChI is InChI=1S/C12H23NO3/c1-9(2)11(3,10(14)16-5)12(15)6-7-13(4)8-12/h9,15H,6-8H2,1-5H3. The predicted octanol–water partition coefficient (Wildman–Crippen LogP) is 0.888. The highest BCUT2D eigenvalue weighted by atomic mass is 16.5. The number of aliphatic hydroxyl groups is 1. The third-order valence-corrected chi connectivity index (χ3v) is 4.17. The van der Waals surface area contributed by atoms with E-state index < -0.39 is 11.0 Å². The van der Waals surface area contributed by atoms with Crippen molar-refractivity contribution in [2.45, 2.75) is 32.8 Å². The van der Waals surface area contributed by atoms with E-state index in [0.29, 0.717) is 13.0 Å². The summed E-state index contributed by atoms with van der Waals surface area (Å²) in [5.74, 6) is -0.281. The van der Waals surface area contributed by atoms with E-state index >= 15 is 0 Å². The lowest BCUT2D eigenvalue weighted by molar-refractivity contribution is -0.176. The van der Waals surface area contributed by atoms with Crippen LogP contribution in [0.2, 0.25) is 0 Å². The molecule has 0 aromatic rings. The molecule has 2 unspecified atom stereocenters. The molecule has 0 aliphatic carbocycles. The van der Waals surface area contributed by atoms with E-state index in [2.05, 4.69) is 0 Å². The molecule has 0 aromatic carbocycles. The molecule has 1 heterocycles. The van der Waals surface area contributed by atoms with Gasteiger partial charge < -0.3 is 14.7 Å². The Morgan fingerprint density at radius 2 is 2.12 bits per heavy atom. The van der Waals surface area contributed by atoms with Crippen LogP contribution in [0.1, 0.15) is 27.2 Å². The van der Waals surface area contributed by atoms with Crippen LogP contribution in [-0.2, 0) is 9.53 Å². The maximum atomic E-state index is 12.0. The molecule has 1 rings (SSSR count). The predicted molar refractivity (Wildman–Crippen MR) is 62.0 cm³/mol. The maximum absolute atomic E-state index is 12.0. The number of rotatable bonds is 3. The van der Waals surface area contributed by atoms with Crippen LogP contribution in [0.5, 0.6) is 0 Å². The summed E-state index contributed by atoms with van der Waals surface area (Å²) in [5.41, 5.74) is -1.82. The van der Waals surface area contributed by atoms with Gasteiger partial charge in [-0.15, -0.1) is 0 Å². The van der Waals surface area contributed by atoms with Crippen molar-refractivity contribution in [3.8, 4) is 0 Å². The van der Waals surface area contributed by atoms with Gasteiger partial charge in [-0.3, -0.25) is 4.79 Å². The minimum absolute atomic E-state index is 0.0384. The Morgan fingerprint density at radius 1 is 1.56 bits per heavy atom. The minimum Gasteiger partial charge on any atom is -0.469 e. The molecule has 94 valence electrons. The van der Waals surface area contributed by atoms with E-state index in [9.17, 15) is 9.90 Å². The molecule has 0 spiro atoms. The molecule has 0 amide bonds. The highest BCUT2D eigenvalue weighted by molar-refractivity contribution is 5.78. The number of carbonyl (C=O) groups is 1.